The number of nitrogens with zero attached hydrogens (tertiary/aromatic N) is 2. The van der Waals surface area contributed by atoms with Gasteiger partial charge in [0.05, 0.1) is 5.56 Å². The summed E-state index contributed by atoms with van der Waals surface area (Å²) < 4.78 is 45.4. The van der Waals surface area contributed by atoms with Crippen LogP contribution in [0.3, 0.4) is 0 Å². The first-order valence-corrected chi connectivity index (χ1v) is 6.22. The van der Waals surface area contributed by atoms with Crippen molar-refractivity contribution in [2.75, 3.05) is 0 Å². The highest BCUT2D eigenvalue weighted by atomic mass is 19.4. The van der Waals surface area contributed by atoms with Crippen LogP contribution in [-0.2, 0) is 6.18 Å². The van der Waals surface area contributed by atoms with Gasteiger partial charge in [-0.1, -0.05) is 6.07 Å². The molecular formula is C15H11F3N2O. The first-order chi connectivity index (χ1) is 9.93. The molecular weight excluding hydrogens is 281 g/mol. The molecule has 0 bridgehead atoms. The van der Waals surface area contributed by atoms with E-state index in [1.807, 2.05) is 13.0 Å². The molecule has 0 aliphatic heterocycles. The van der Waals surface area contributed by atoms with Crippen LogP contribution < -0.4 is 4.74 Å². The van der Waals surface area contributed by atoms with Gasteiger partial charge in [-0.2, -0.15) is 13.2 Å². The molecule has 3 rings (SSSR count). The van der Waals surface area contributed by atoms with Crippen LogP contribution in [0.2, 0.25) is 0 Å². The van der Waals surface area contributed by atoms with E-state index in [9.17, 15) is 13.2 Å². The molecule has 0 aliphatic carbocycles. The summed E-state index contributed by atoms with van der Waals surface area (Å²) in [5.74, 6) is 0.548. The molecule has 0 spiro atoms. The van der Waals surface area contributed by atoms with E-state index < -0.39 is 11.7 Å². The number of aryl methyl sites for hydroxylation is 1. The summed E-state index contributed by atoms with van der Waals surface area (Å²) in [5.41, 5.74) is 0.849. The van der Waals surface area contributed by atoms with Gasteiger partial charge in [0.15, 0.2) is 0 Å². The Kier molecular flexibility index (Phi) is 3.08. The highest BCUT2D eigenvalue weighted by molar-refractivity contribution is 5.46. The zero-order valence-corrected chi connectivity index (χ0v) is 11.1. The van der Waals surface area contributed by atoms with Gasteiger partial charge in [-0.05, 0) is 36.8 Å². The molecule has 0 N–H and O–H groups in total. The maximum Gasteiger partial charge on any atom is 0.416 e. The lowest BCUT2D eigenvalue weighted by Crippen LogP contribution is -2.04. The molecule has 2 aromatic heterocycles. The van der Waals surface area contributed by atoms with Crippen LogP contribution in [0.4, 0.5) is 13.2 Å². The van der Waals surface area contributed by atoms with Crippen molar-refractivity contribution in [1.29, 1.82) is 0 Å². The fourth-order valence-corrected chi connectivity index (χ4v) is 2.05. The highest BCUT2D eigenvalue weighted by Gasteiger charge is 2.30. The molecule has 0 amide bonds. The van der Waals surface area contributed by atoms with Gasteiger partial charge < -0.3 is 4.74 Å². The molecule has 3 nitrogen and oxygen atoms in total. The first-order valence-electron chi connectivity index (χ1n) is 6.22. The van der Waals surface area contributed by atoms with Gasteiger partial charge in [-0.3, -0.25) is 4.40 Å². The van der Waals surface area contributed by atoms with E-state index >= 15 is 0 Å². The van der Waals surface area contributed by atoms with Crippen LogP contribution >= 0.6 is 0 Å². The predicted molar refractivity (Wildman–Crippen MR) is 71.4 cm³/mol. The minimum absolute atomic E-state index is 0.130. The molecule has 108 valence electrons. The normalized spacial score (nSPS) is 11.8. The van der Waals surface area contributed by atoms with E-state index in [-0.39, 0.29) is 5.75 Å². The number of halogens is 3. The topological polar surface area (TPSA) is 26.5 Å². The molecule has 0 saturated carbocycles. The Labute approximate surface area is 118 Å². The van der Waals surface area contributed by atoms with E-state index in [2.05, 4.69) is 4.98 Å². The number of fused-ring (bicyclic) bond motifs is 1. The lowest BCUT2D eigenvalue weighted by Gasteiger charge is -2.11. The van der Waals surface area contributed by atoms with Crippen LogP contribution in [0.15, 0.2) is 48.8 Å². The summed E-state index contributed by atoms with van der Waals surface area (Å²) in [7, 11) is 0. The Morgan fingerprint density at radius 3 is 2.71 bits per heavy atom. The van der Waals surface area contributed by atoms with Crippen molar-refractivity contribution in [3.63, 3.8) is 0 Å². The van der Waals surface area contributed by atoms with Gasteiger partial charge in [0.25, 0.3) is 0 Å². The summed E-state index contributed by atoms with van der Waals surface area (Å²) in [6.07, 6.45) is -1.10. The van der Waals surface area contributed by atoms with Crippen molar-refractivity contribution < 1.29 is 17.9 Å². The standard InChI is InChI=1S/C15H11F3N2O/c1-10-7-13-19-5-6-20(13)14(8-10)21-12-4-2-3-11(9-12)15(16,17)18/h2-9H,1H3. The second-order valence-corrected chi connectivity index (χ2v) is 4.65. The van der Waals surface area contributed by atoms with Gasteiger partial charge in [-0.15, -0.1) is 0 Å². The van der Waals surface area contributed by atoms with Crippen molar-refractivity contribution in [2.24, 2.45) is 0 Å². The molecule has 0 saturated heterocycles. The molecule has 1 aromatic carbocycles. The van der Waals surface area contributed by atoms with Crippen LogP contribution in [0.25, 0.3) is 5.65 Å². The number of hydrogen-bond acceptors (Lipinski definition) is 2. The summed E-state index contributed by atoms with van der Waals surface area (Å²) in [4.78, 5) is 4.14. The van der Waals surface area contributed by atoms with Crippen LogP contribution in [0.5, 0.6) is 11.6 Å². The summed E-state index contributed by atoms with van der Waals surface area (Å²) in [6.45, 7) is 1.87. The maximum atomic E-state index is 12.7. The Morgan fingerprint density at radius 1 is 1.14 bits per heavy atom. The molecule has 21 heavy (non-hydrogen) atoms. The second-order valence-electron chi connectivity index (χ2n) is 4.65. The molecule has 0 atom stereocenters. The van der Waals surface area contributed by atoms with E-state index in [0.717, 1.165) is 17.7 Å². The number of hydrogen-bond donors (Lipinski definition) is 0. The number of rotatable bonds is 2. The Hall–Kier alpha value is -2.50. The Balaban J connectivity index is 2.01. The lowest BCUT2D eigenvalue weighted by atomic mass is 10.2. The van der Waals surface area contributed by atoms with Gasteiger partial charge >= 0.3 is 6.18 Å². The van der Waals surface area contributed by atoms with Crippen LogP contribution in [0.1, 0.15) is 11.1 Å². The third kappa shape index (κ3) is 2.69. The maximum absolute atomic E-state index is 12.7. The monoisotopic (exact) mass is 292 g/mol. The predicted octanol–water partition coefficient (Wildman–Crippen LogP) is 4.45. The third-order valence-electron chi connectivity index (χ3n) is 3.00. The largest absolute Gasteiger partial charge is 0.440 e. The number of benzene rings is 1. The van der Waals surface area contributed by atoms with Crippen molar-refractivity contribution in [1.82, 2.24) is 9.38 Å². The average molecular weight is 292 g/mol. The summed E-state index contributed by atoms with van der Waals surface area (Å²) in [6, 6.07) is 8.40. The average Bonchev–Trinajstić information content (AvgIpc) is 2.86. The molecule has 6 heteroatoms. The number of pyridine rings is 1. The number of alkyl halides is 3. The first kappa shape index (κ1) is 13.5. The zero-order chi connectivity index (χ0) is 15.0. The lowest BCUT2D eigenvalue weighted by molar-refractivity contribution is -0.137. The highest BCUT2D eigenvalue weighted by Crippen LogP contribution is 2.32. The van der Waals surface area contributed by atoms with E-state index in [1.54, 1.807) is 22.9 Å². The van der Waals surface area contributed by atoms with Crippen molar-refractivity contribution in [2.45, 2.75) is 13.1 Å². The smallest absolute Gasteiger partial charge is 0.416 e. The summed E-state index contributed by atoms with van der Waals surface area (Å²) >= 11 is 0. The van der Waals surface area contributed by atoms with Gasteiger partial charge in [0, 0.05) is 18.5 Å². The molecule has 3 aromatic rings. The Bertz CT molecular complexity index is 793. The minimum atomic E-state index is -4.39. The molecule has 0 unspecified atom stereocenters. The fraction of sp³-hybridized carbons (Fsp3) is 0.133. The Morgan fingerprint density at radius 2 is 1.95 bits per heavy atom. The number of aromatic nitrogens is 2. The third-order valence-corrected chi connectivity index (χ3v) is 3.00. The minimum Gasteiger partial charge on any atom is -0.440 e. The summed E-state index contributed by atoms with van der Waals surface area (Å²) in [5, 5.41) is 0. The quantitative estimate of drug-likeness (QED) is 0.697. The van der Waals surface area contributed by atoms with Crippen LogP contribution in [0, 0.1) is 6.92 Å². The fourth-order valence-electron chi connectivity index (χ4n) is 2.05. The SMILES string of the molecule is Cc1cc(Oc2cccc(C(F)(F)F)c2)n2ccnc2c1. The van der Waals surface area contributed by atoms with Gasteiger partial charge in [-0.25, -0.2) is 4.98 Å². The van der Waals surface area contributed by atoms with Crippen LogP contribution in [-0.4, -0.2) is 9.38 Å². The van der Waals surface area contributed by atoms with Crippen molar-refractivity contribution >= 4 is 5.65 Å². The zero-order valence-electron chi connectivity index (χ0n) is 11.1. The van der Waals surface area contributed by atoms with Gasteiger partial charge in [0.2, 0.25) is 5.88 Å². The van der Waals surface area contributed by atoms with E-state index in [4.69, 9.17) is 4.74 Å². The van der Waals surface area contributed by atoms with E-state index in [0.29, 0.717) is 11.5 Å². The van der Waals surface area contributed by atoms with Crippen molar-refractivity contribution in [3.05, 3.63) is 59.9 Å². The second kappa shape index (κ2) is 4.80. The van der Waals surface area contributed by atoms with E-state index in [1.165, 1.54) is 12.1 Å². The number of imidazole rings is 1. The molecule has 0 fully saturated rings. The van der Waals surface area contributed by atoms with Crippen molar-refractivity contribution in [3.8, 4) is 11.6 Å². The molecule has 0 radical (unpaired) electrons. The molecule has 0 aliphatic rings. The number of ether oxygens (including phenoxy) is 1. The van der Waals surface area contributed by atoms with Gasteiger partial charge in [0.1, 0.15) is 11.4 Å². The molecule has 2 heterocycles.